The van der Waals surface area contributed by atoms with Gasteiger partial charge in [-0.05, 0) is 44.4 Å². The summed E-state index contributed by atoms with van der Waals surface area (Å²) in [6.07, 6.45) is 4.44. The van der Waals surface area contributed by atoms with Crippen LogP contribution in [-0.2, 0) is 14.3 Å². The molecule has 1 saturated carbocycles. The van der Waals surface area contributed by atoms with Crippen molar-refractivity contribution in [3.05, 3.63) is 0 Å². The minimum Gasteiger partial charge on any atom is -0.385 e. The lowest BCUT2D eigenvalue weighted by atomic mass is 9.81. The van der Waals surface area contributed by atoms with Gasteiger partial charge >= 0.3 is 0 Å². The summed E-state index contributed by atoms with van der Waals surface area (Å²) in [5, 5.41) is 0. The number of nitrogens with zero attached hydrogens (tertiary/aromatic N) is 1. The number of hydrogen-bond donors (Lipinski definition) is 0. The molecule has 3 fully saturated rings. The van der Waals surface area contributed by atoms with Crippen LogP contribution in [0.25, 0.3) is 0 Å². The minimum atomic E-state index is -1.57. The predicted octanol–water partition coefficient (Wildman–Crippen LogP) is 1.92. The molecule has 2 heterocycles. The predicted molar refractivity (Wildman–Crippen MR) is 72.2 cm³/mol. The first-order chi connectivity index (χ1) is 9.57. The minimum absolute atomic E-state index is 0.214. The van der Waals surface area contributed by atoms with Crippen LogP contribution >= 0.6 is 0 Å². The van der Waals surface area contributed by atoms with Crippen molar-refractivity contribution >= 4 is 5.91 Å². The van der Waals surface area contributed by atoms with Crippen molar-refractivity contribution in [2.75, 3.05) is 33.4 Å². The van der Waals surface area contributed by atoms with E-state index in [1.165, 1.54) is 0 Å². The van der Waals surface area contributed by atoms with Gasteiger partial charge < -0.3 is 14.4 Å². The summed E-state index contributed by atoms with van der Waals surface area (Å²) in [7, 11) is 1.71. The van der Waals surface area contributed by atoms with Crippen LogP contribution in [-0.4, -0.2) is 55.5 Å². The third-order valence-corrected chi connectivity index (χ3v) is 5.15. The summed E-state index contributed by atoms with van der Waals surface area (Å²) in [5.74, 6) is 0.206. The number of likely N-dealkylation sites (tertiary alicyclic amines) is 1. The van der Waals surface area contributed by atoms with Crippen molar-refractivity contribution in [3.8, 4) is 0 Å². The van der Waals surface area contributed by atoms with Gasteiger partial charge in [0.15, 0.2) is 5.67 Å². The van der Waals surface area contributed by atoms with Gasteiger partial charge in [0, 0.05) is 26.8 Å². The molecule has 0 bridgehead atoms. The van der Waals surface area contributed by atoms with E-state index in [1.807, 2.05) is 0 Å². The van der Waals surface area contributed by atoms with Crippen molar-refractivity contribution in [1.29, 1.82) is 0 Å². The van der Waals surface area contributed by atoms with Crippen molar-refractivity contribution in [2.24, 2.45) is 5.92 Å². The molecule has 2 unspecified atom stereocenters. The van der Waals surface area contributed by atoms with Crippen molar-refractivity contribution in [3.63, 3.8) is 0 Å². The second-order valence-corrected chi connectivity index (χ2v) is 6.64. The molecule has 0 radical (unpaired) electrons. The molecule has 4 nitrogen and oxygen atoms in total. The molecule has 5 heteroatoms. The van der Waals surface area contributed by atoms with E-state index in [9.17, 15) is 9.18 Å². The van der Waals surface area contributed by atoms with Gasteiger partial charge in [-0.15, -0.1) is 0 Å². The van der Waals surface area contributed by atoms with Gasteiger partial charge in [0.25, 0.3) is 5.91 Å². The highest BCUT2D eigenvalue weighted by molar-refractivity contribution is 5.86. The molecule has 2 atom stereocenters. The highest BCUT2D eigenvalue weighted by Crippen LogP contribution is 2.42. The van der Waals surface area contributed by atoms with Gasteiger partial charge in [-0.2, -0.15) is 0 Å². The molecular formula is C15H24FNO3. The van der Waals surface area contributed by atoms with Crippen LogP contribution in [0.2, 0.25) is 0 Å². The number of hydrogen-bond acceptors (Lipinski definition) is 3. The van der Waals surface area contributed by atoms with Crippen LogP contribution in [0.3, 0.4) is 0 Å². The van der Waals surface area contributed by atoms with E-state index in [2.05, 4.69) is 0 Å². The van der Waals surface area contributed by atoms with Crippen LogP contribution in [0.15, 0.2) is 0 Å². The molecule has 1 spiro atoms. The zero-order chi connectivity index (χ0) is 14.2. The standard InChI is InChI=1S/C15H24FNO3/c1-19-8-3-12-9-14(20-10-12)6-7-17(11-14)13(18)15(16)4-2-5-15/h12H,2-11H2,1H3. The maximum absolute atomic E-state index is 14.2. The average Bonchev–Trinajstić information content (AvgIpc) is 3.01. The van der Waals surface area contributed by atoms with E-state index < -0.39 is 5.67 Å². The Balaban J connectivity index is 1.55. The molecule has 114 valence electrons. The van der Waals surface area contributed by atoms with E-state index in [0.29, 0.717) is 31.8 Å². The highest BCUT2D eigenvalue weighted by Gasteiger charge is 2.52. The zero-order valence-corrected chi connectivity index (χ0v) is 12.2. The SMILES string of the molecule is COCCC1COC2(CCN(C(=O)C3(F)CCC3)C2)C1. The molecule has 0 aromatic carbocycles. The third kappa shape index (κ3) is 2.46. The largest absolute Gasteiger partial charge is 0.385 e. The Morgan fingerprint density at radius 2 is 2.25 bits per heavy atom. The maximum Gasteiger partial charge on any atom is 0.260 e. The third-order valence-electron chi connectivity index (χ3n) is 5.15. The second kappa shape index (κ2) is 5.26. The lowest BCUT2D eigenvalue weighted by Gasteiger charge is -2.36. The highest BCUT2D eigenvalue weighted by atomic mass is 19.1. The van der Waals surface area contributed by atoms with E-state index in [0.717, 1.165) is 38.9 Å². The van der Waals surface area contributed by atoms with Crippen molar-refractivity contribution < 1.29 is 18.7 Å². The fourth-order valence-electron chi connectivity index (χ4n) is 3.70. The molecule has 2 saturated heterocycles. The van der Waals surface area contributed by atoms with Gasteiger partial charge in [-0.3, -0.25) is 4.79 Å². The number of rotatable bonds is 4. The lowest BCUT2D eigenvalue weighted by Crippen LogP contribution is -2.50. The summed E-state index contributed by atoms with van der Waals surface area (Å²) in [5.41, 5.74) is -1.78. The number of carbonyl (C=O) groups excluding carboxylic acids is 1. The van der Waals surface area contributed by atoms with Crippen LogP contribution < -0.4 is 0 Å². The number of ether oxygens (including phenoxy) is 2. The fraction of sp³-hybridized carbons (Fsp3) is 0.933. The number of amides is 1. The van der Waals surface area contributed by atoms with Gasteiger partial charge in [0.05, 0.1) is 12.2 Å². The summed E-state index contributed by atoms with van der Waals surface area (Å²) < 4.78 is 25.3. The number of methoxy groups -OCH3 is 1. The summed E-state index contributed by atoms with van der Waals surface area (Å²) in [6.45, 7) is 2.70. The molecule has 3 aliphatic rings. The monoisotopic (exact) mass is 285 g/mol. The Hall–Kier alpha value is -0.680. The first-order valence-electron chi connectivity index (χ1n) is 7.68. The smallest absolute Gasteiger partial charge is 0.260 e. The fourth-order valence-corrected chi connectivity index (χ4v) is 3.70. The molecule has 2 aliphatic heterocycles. The van der Waals surface area contributed by atoms with Crippen LogP contribution in [0, 0.1) is 5.92 Å². The Bertz CT molecular complexity index is 385. The van der Waals surface area contributed by atoms with Crippen molar-refractivity contribution in [2.45, 2.75) is 49.8 Å². The Morgan fingerprint density at radius 3 is 2.90 bits per heavy atom. The molecule has 0 aromatic heterocycles. The molecule has 1 amide bonds. The van der Waals surface area contributed by atoms with Crippen molar-refractivity contribution in [1.82, 2.24) is 4.90 Å². The maximum atomic E-state index is 14.2. The van der Waals surface area contributed by atoms with E-state index in [1.54, 1.807) is 12.0 Å². The van der Waals surface area contributed by atoms with Crippen LogP contribution in [0.1, 0.15) is 38.5 Å². The lowest BCUT2D eigenvalue weighted by molar-refractivity contribution is -0.149. The summed E-state index contributed by atoms with van der Waals surface area (Å²) >= 11 is 0. The molecule has 20 heavy (non-hydrogen) atoms. The zero-order valence-electron chi connectivity index (χ0n) is 12.2. The normalized spacial score (nSPS) is 35.5. The molecule has 1 aliphatic carbocycles. The van der Waals surface area contributed by atoms with Gasteiger partial charge in [-0.25, -0.2) is 4.39 Å². The van der Waals surface area contributed by atoms with E-state index in [4.69, 9.17) is 9.47 Å². The number of halogens is 1. The average molecular weight is 285 g/mol. The quantitative estimate of drug-likeness (QED) is 0.792. The van der Waals surface area contributed by atoms with Gasteiger partial charge in [-0.1, -0.05) is 0 Å². The molecule has 0 N–H and O–H groups in total. The van der Waals surface area contributed by atoms with Gasteiger partial charge in [0.1, 0.15) is 0 Å². The van der Waals surface area contributed by atoms with Gasteiger partial charge in [0.2, 0.25) is 0 Å². The molecular weight excluding hydrogens is 261 g/mol. The second-order valence-electron chi connectivity index (χ2n) is 6.64. The van der Waals surface area contributed by atoms with Crippen LogP contribution in [0.5, 0.6) is 0 Å². The van der Waals surface area contributed by atoms with E-state index >= 15 is 0 Å². The summed E-state index contributed by atoms with van der Waals surface area (Å²) in [6, 6.07) is 0. The number of carbonyl (C=O) groups is 1. The Labute approximate surface area is 119 Å². The Kier molecular flexibility index (Phi) is 3.75. The number of alkyl halides is 1. The summed E-state index contributed by atoms with van der Waals surface area (Å²) in [4.78, 5) is 13.9. The van der Waals surface area contributed by atoms with Crippen LogP contribution in [0.4, 0.5) is 4.39 Å². The Morgan fingerprint density at radius 1 is 1.45 bits per heavy atom. The first-order valence-corrected chi connectivity index (χ1v) is 7.68. The molecule has 3 rings (SSSR count). The first kappa shape index (κ1) is 14.3. The topological polar surface area (TPSA) is 38.8 Å². The molecule has 0 aromatic rings. The van der Waals surface area contributed by atoms with E-state index in [-0.39, 0.29) is 11.5 Å².